The van der Waals surface area contributed by atoms with E-state index in [-0.39, 0.29) is 0 Å². The summed E-state index contributed by atoms with van der Waals surface area (Å²) in [4.78, 5) is 13.7. The number of aromatic nitrogens is 5. The van der Waals surface area contributed by atoms with Crippen molar-refractivity contribution in [3.05, 3.63) is 34.7 Å². The van der Waals surface area contributed by atoms with Gasteiger partial charge >= 0.3 is 0 Å². The third-order valence-corrected chi connectivity index (χ3v) is 4.80. The summed E-state index contributed by atoms with van der Waals surface area (Å²) in [5, 5.41) is 8.67. The van der Waals surface area contributed by atoms with Crippen LogP contribution in [0.1, 0.15) is 28.7 Å². The molecule has 25 heavy (non-hydrogen) atoms. The summed E-state index contributed by atoms with van der Waals surface area (Å²) < 4.78 is 7.04. The first-order valence-electron chi connectivity index (χ1n) is 8.61. The van der Waals surface area contributed by atoms with Crippen molar-refractivity contribution < 1.29 is 4.52 Å². The number of nitrogens with zero attached hydrogens (tertiary/aromatic N) is 7. The summed E-state index contributed by atoms with van der Waals surface area (Å²) in [7, 11) is 0. The second kappa shape index (κ2) is 6.11. The molecule has 1 aliphatic heterocycles. The molecule has 3 aromatic rings. The van der Waals surface area contributed by atoms with Gasteiger partial charge in [-0.1, -0.05) is 5.16 Å². The minimum absolute atomic E-state index is 0.618. The molecule has 0 spiro atoms. The smallest absolute Gasteiger partial charge is 0.223 e. The number of aryl methyl sites for hydroxylation is 4. The molecule has 8 heteroatoms. The van der Waals surface area contributed by atoms with Gasteiger partial charge in [0.15, 0.2) is 11.5 Å². The molecule has 1 saturated heterocycles. The molecule has 0 amide bonds. The second-order valence-corrected chi connectivity index (χ2v) is 6.69. The first-order valence-corrected chi connectivity index (χ1v) is 8.61. The lowest BCUT2D eigenvalue weighted by molar-refractivity contribution is 0.239. The average Bonchev–Trinajstić information content (AvgIpc) is 3.12. The largest absolute Gasteiger partial charge is 0.354 e. The van der Waals surface area contributed by atoms with Crippen molar-refractivity contribution in [3.8, 4) is 0 Å². The van der Waals surface area contributed by atoms with E-state index in [0.29, 0.717) is 5.89 Å². The quantitative estimate of drug-likeness (QED) is 0.717. The lowest BCUT2D eigenvalue weighted by Crippen LogP contribution is -2.46. The molecule has 0 aliphatic carbocycles. The van der Waals surface area contributed by atoms with Crippen LogP contribution in [0.5, 0.6) is 0 Å². The highest BCUT2D eigenvalue weighted by molar-refractivity contribution is 5.57. The molecule has 3 aromatic heterocycles. The van der Waals surface area contributed by atoms with Crippen LogP contribution < -0.4 is 4.90 Å². The number of hydrogen-bond donors (Lipinski definition) is 0. The molecule has 0 unspecified atom stereocenters. The van der Waals surface area contributed by atoms with Gasteiger partial charge in [0.25, 0.3) is 0 Å². The standard InChI is InChI=1S/C17H23N7O/c1-11-9-16(24-17(18-11)12(2)13(3)20-24)23-7-5-22(6-8-23)10-15-19-14(4)25-21-15/h9H,5-8,10H2,1-4H3. The average molecular weight is 341 g/mol. The summed E-state index contributed by atoms with van der Waals surface area (Å²) in [6, 6.07) is 2.12. The third-order valence-electron chi connectivity index (χ3n) is 4.80. The molecule has 0 N–H and O–H groups in total. The molecule has 0 bridgehead atoms. The van der Waals surface area contributed by atoms with E-state index in [9.17, 15) is 0 Å². The van der Waals surface area contributed by atoms with Crippen molar-refractivity contribution in [1.82, 2.24) is 29.6 Å². The molecule has 1 aliphatic rings. The summed E-state index contributed by atoms with van der Waals surface area (Å²) >= 11 is 0. The fourth-order valence-corrected chi connectivity index (χ4v) is 3.30. The van der Waals surface area contributed by atoms with Crippen LogP contribution in [0.4, 0.5) is 5.82 Å². The third kappa shape index (κ3) is 2.97. The van der Waals surface area contributed by atoms with Crippen LogP contribution in [0.15, 0.2) is 10.6 Å². The molecule has 0 atom stereocenters. The van der Waals surface area contributed by atoms with Gasteiger partial charge in [-0.25, -0.2) is 4.98 Å². The van der Waals surface area contributed by atoms with Crippen LogP contribution in [0.25, 0.3) is 5.65 Å². The van der Waals surface area contributed by atoms with Gasteiger partial charge in [-0.15, -0.1) is 0 Å². The molecular weight excluding hydrogens is 318 g/mol. The van der Waals surface area contributed by atoms with E-state index >= 15 is 0 Å². The lowest BCUT2D eigenvalue weighted by Gasteiger charge is -2.35. The Balaban J connectivity index is 1.52. The van der Waals surface area contributed by atoms with Crippen molar-refractivity contribution in [2.75, 3.05) is 31.1 Å². The second-order valence-electron chi connectivity index (χ2n) is 6.69. The van der Waals surface area contributed by atoms with Gasteiger partial charge in [-0.2, -0.15) is 14.6 Å². The number of hydrogen-bond acceptors (Lipinski definition) is 7. The van der Waals surface area contributed by atoms with Crippen LogP contribution in [-0.4, -0.2) is 55.8 Å². The Morgan fingerprint density at radius 1 is 1.04 bits per heavy atom. The summed E-state index contributed by atoms with van der Waals surface area (Å²) in [5.74, 6) is 2.49. The van der Waals surface area contributed by atoms with E-state index in [4.69, 9.17) is 4.52 Å². The molecule has 8 nitrogen and oxygen atoms in total. The first kappa shape index (κ1) is 16.0. The Kier molecular flexibility index (Phi) is 3.91. The van der Waals surface area contributed by atoms with Gasteiger partial charge in [-0.05, 0) is 20.8 Å². The predicted molar refractivity (Wildman–Crippen MR) is 93.7 cm³/mol. The van der Waals surface area contributed by atoms with E-state index in [0.717, 1.165) is 67.0 Å². The fraction of sp³-hybridized carbons (Fsp3) is 0.529. The molecule has 0 saturated carbocycles. The monoisotopic (exact) mass is 341 g/mol. The molecule has 0 aromatic carbocycles. The topological polar surface area (TPSA) is 75.6 Å². The predicted octanol–water partition coefficient (Wildman–Crippen LogP) is 1.67. The Bertz CT molecular complexity index is 905. The lowest BCUT2D eigenvalue weighted by atomic mass is 10.2. The Morgan fingerprint density at radius 3 is 2.48 bits per heavy atom. The zero-order chi connectivity index (χ0) is 17.6. The SMILES string of the molecule is Cc1cc(N2CCN(Cc3noc(C)n3)CC2)n2nc(C)c(C)c2n1. The maximum atomic E-state index is 5.05. The number of piperazine rings is 1. The highest BCUT2D eigenvalue weighted by Gasteiger charge is 2.22. The van der Waals surface area contributed by atoms with Crippen molar-refractivity contribution in [2.45, 2.75) is 34.2 Å². The Hall–Kier alpha value is -2.48. The van der Waals surface area contributed by atoms with Gasteiger partial charge in [0, 0.05) is 50.4 Å². The van der Waals surface area contributed by atoms with Crippen LogP contribution in [0, 0.1) is 27.7 Å². The van der Waals surface area contributed by atoms with Crippen LogP contribution >= 0.6 is 0 Å². The Morgan fingerprint density at radius 2 is 1.80 bits per heavy atom. The summed E-state index contributed by atoms with van der Waals surface area (Å²) in [6.45, 7) is 12.5. The van der Waals surface area contributed by atoms with Crippen LogP contribution in [0.2, 0.25) is 0 Å². The van der Waals surface area contributed by atoms with Gasteiger partial charge < -0.3 is 9.42 Å². The number of fused-ring (bicyclic) bond motifs is 1. The maximum Gasteiger partial charge on any atom is 0.223 e. The molecule has 0 radical (unpaired) electrons. The first-order chi connectivity index (χ1) is 12.0. The van der Waals surface area contributed by atoms with Crippen molar-refractivity contribution in [2.24, 2.45) is 0 Å². The number of rotatable bonds is 3. The van der Waals surface area contributed by atoms with E-state index in [1.54, 1.807) is 0 Å². The maximum absolute atomic E-state index is 5.05. The number of anilines is 1. The van der Waals surface area contributed by atoms with Gasteiger partial charge in [0.05, 0.1) is 12.2 Å². The summed E-state index contributed by atoms with van der Waals surface area (Å²) in [5.41, 5.74) is 4.16. The van der Waals surface area contributed by atoms with E-state index in [1.807, 2.05) is 25.3 Å². The zero-order valence-electron chi connectivity index (χ0n) is 15.2. The molecule has 4 heterocycles. The van der Waals surface area contributed by atoms with Crippen molar-refractivity contribution in [1.29, 1.82) is 0 Å². The minimum atomic E-state index is 0.618. The highest BCUT2D eigenvalue weighted by atomic mass is 16.5. The van der Waals surface area contributed by atoms with Crippen molar-refractivity contribution >= 4 is 11.5 Å². The van der Waals surface area contributed by atoms with Gasteiger partial charge in [0.2, 0.25) is 5.89 Å². The fourth-order valence-electron chi connectivity index (χ4n) is 3.30. The van der Waals surface area contributed by atoms with Gasteiger partial charge in [0.1, 0.15) is 5.82 Å². The van der Waals surface area contributed by atoms with Crippen molar-refractivity contribution in [3.63, 3.8) is 0 Å². The van der Waals surface area contributed by atoms with E-state index in [1.165, 1.54) is 0 Å². The highest BCUT2D eigenvalue weighted by Crippen LogP contribution is 2.22. The molecular formula is C17H23N7O. The zero-order valence-corrected chi connectivity index (χ0v) is 15.2. The van der Waals surface area contributed by atoms with Crippen LogP contribution in [-0.2, 0) is 6.54 Å². The molecule has 132 valence electrons. The Labute approximate surface area is 146 Å². The minimum Gasteiger partial charge on any atom is -0.354 e. The summed E-state index contributed by atoms with van der Waals surface area (Å²) in [6.07, 6.45) is 0. The normalized spacial score (nSPS) is 16.1. The van der Waals surface area contributed by atoms with Crippen LogP contribution in [0.3, 0.4) is 0 Å². The molecule has 1 fully saturated rings. The van der Waals surface area contributed by atoms with Gasteiger partial charge in [-0.3, -0.25) is 4.90 Å². The molecule has 4 rings (SSSR count). The van der Waals surface area contributed by atoms with E-state index < -0.39 is 0 Å². The van der Waals surface area contributed by atoms with E-state index in [2.05, 4.69) is 43.0 Å².